The molecule has 1 heterocycles. The first-order valence-corrected chi connectivity index (χ1v) is 12.8. The summed E-state index contributed by atoms with van der Waals surface area (Å²) in [6.45, 7) is 2.47. The van der Waals surface area contributed by atoms with Gasteiger partial charge in [0.05, 0.1) is 50.1 Å². The van der Waals surface area contributed by atoms with Crippen molar-refractivity contribution in [2.24, 2.45) is 0 Å². The highest BCUT2D eigenvalue weighted by Crippen LogP contribution is 2.48. The Morgan fingerprint density at radius 1 is 0.923 bits per heavy atom. The Morgan fingerprint density at radius 3 is 2.28 bits per heavy atom. The van der Waals surface area contributed by atoms with Crippen molar-refractivity contribution in [2.75, 3.05) is 32.8 Å². The molecule has 10 heteroatoms. The van der Waals surface area contributed by atoms with Crippen molar-refractivity contribution in [3.63, 3.8) is 0 Å². The molecule has 0 aromatic heterocycles. The Labute approximate surface area is 236 Å². The molecule has 1 saturated heterocycles. The molecular weight excluding hydrogens is 545 g/mol. The van der Waals surface area contributed by atoms with Crippen LogP contribution in [0.15, 0.2) is 60.2 Å². The van der Waals surface area contributed by atoms with Crippen molar-refractivity contribution in [3.05, 3.63) is 81.3 Å². The lowest BCUT2D eigenvalue weighted by atomic mass is 9.94. The Hall–Kier alpha value is -3.88. The van der Waals surface area contributed by atoms with E-state index < -0.39 is 23.5 Å². The zero-order chi connectivity index (χ0) is 28.3. The third kappa shape index (κ3) is 5.22. The molecule has 1 aliphatic rings. The number of anilines is 1. The number of benzene rings is 3. The second-order valence-corrected chi connectivity index (χ2v) is 9.36. The summed E-state index contributed by atoms with van der Waals surface area (Å²) in [5.41, 5.74) is 0.790. The third-order valence-corrected chi connectivity index (χ3v) is 6.84. The number of carbonyl (C=O) groups is 2. The molecule has 0 aliphatic carbocycles. The molecule has 1 atom stereocenters. The van der Waals surface area contributed by atoms with Gasteiger partial charge in [-0.1, -0.05) is 48.3 Å². The van der Waals surface area contributed by atoms with Gasteiger partial charge in [-0.3, -0.25) is 14.5 Å². The molecule has 4 rings (SSSR count). The standard InChI is InChI=1S/C29H27Cl2NO7/c1-5-12-39-19-11-7-9-17(14-19)32-24(16-8-6-10-18(13-16)36-2)22(26(34)29(32)35)25(33)20-15-21(30)28(38-4)23(31)27(20)37-3/h6-11,13-15,24,33H,5,12H2,1-4H3/b25-22+. The van der Waals surface area contributed by atoms with Crippen LogP contribution in [-0.4, -0.2) is 44.7 Å². The summed E-state index contributed by atoms with van der Waals surface area (Å²) >= 11 is 12.8. The van der Waals surface area contributed by atoms with E-state index in [1.165, 1.54) is 32.3 Å². The van der Waals surface area contributed by atoms with Gasteiger partial charge in [-0.05, 0) is 42.3 Å². The number of hydrogen-bond acceptors (Lipinski definition) is 7. The number of aliphatic hydroxyl groups is 1. The van der Waals surface area contributed by atoms with Gasteiger partial charge in [-0.15, -0.1) is 0 Å². The first-order valence-electron chi connectivity index (χ1n) is 12.0. The minimum atomic E-state index is -1.02. The first kappa shape index (κ1) is 28.1. The number of hydrogen-bond donors (Lipinski definition) is 1. The number of aliphatic hydroxyl groups excluding tert-OH is 1. The minimum Gasteiger partial charge on any atom is -0.507 e. The molecule has 0 saturated carbocycles. The SMILES string of the molecule is CCCOc1cccc(N2C(=O)C(=O)/C(=C(/O)c3cc(Cl)c(OC)c(Cl)c3OC)C2c2cccc(OC)c2)c1. The maximum atomic E-state index is 13.6. The molecule has 1 N–H and O–H groups in total. The van der Waals surface area contributed by atoms with Crippen LogP contribution in [-0.2, 0) is 9.59 Å². The van der Waals surface area contributed by atoms with Crippen LogP contribution in [0, 0.1) is 0 Å². The van der Waals surface area contributed by atoms with E-state index in [1.54, 1.807) is 48.5 Å². The maximum Gasteiger partial charge on any atom is 0.300 e. The van der Waals surface area contributed by atoms with Crippen LogP contribution in [0.5, 0.6) is 23.0 Å². The fourth-order valence-corrected chi connectivity index (χ4v) is 5.15. The third-order valence-electron chi connectivity index (χ3n) is 6.22. The van der Waals surface area contributed by atoms with Crippen molar-refractivity contribution in [3.8, 4) is 23.0 Å². The second-order valence-electron chi connectivity index (χ2n) is 8.58. The lowest BCUT2D eigenvalue weighted by Gasteiger charge is -2.26. The van der Waals surface area contributed by atoms with E-state index in [0.29, 0.717) is 29.4 Å². The van der Waals surface area contributed by atoms with Gasteiger partial charge in [-0.2, -0.15) is 0 Å². The molecule has 3 aromatic carbocycles. The van der Waals surface area contributed by atoms with Crippen LogP contribution in [0.3, 0.4) is 0 Å². The number of ketones is 1. The summed E-state index contributed by atoms with van der Waals surface area (Å²) in [4.78, 5) is 28.5. The van der Waals surface area contributed by atoms with Crippen LogP contribution in [0.4, 0.5) is 5.69 Å². The Morgan fingerprint density at radius 2 is 1.62 bits per heavy atom. The molecule has 3 aromatic rings. The molecule has 0 bridgehead atoms. The monoisotopic (exact) mass is 571 g/mol. The molecule has 204 valence electrons. The van der Waals surface area contributed by atoms with Crippen molar-refractivity contribution in [2.45, 2.75) is 19.4 Å². The molecular formula is C29H27Cl2NO7. The van der Waals surface area contributed by atoms with Gasteiger partial charge in [-0.25, -0.2) is 0 Å². The molecule has 39 heavy (non-hydrogen) atoms. The number of halogens is 2. The summed E-state index contributed by atoms with van der Waals surface area (Å²) < 4.78 is 21.8. The van der Waals surface area contributed by atoms with Crippen molar-refractivity contribution in [1.82, 2.24) is 0 Å². The topological polar surface area (TPSA) is 94.5 Å². The molecule has 1 unspecified atom stereocenters. The minimum absolute atomic E-state index is 0.00184. The summed E-state index contributed by atoms with van der Waals surface area (Å²) in [5.74, 6) is -1.03. The highest BCUT2D eigenvalue weighted by atomic mass is 35.5. The van der Waals surface area contributed by atoms with Crippen LogP contribution in [0.2, 0.25) is 10.0 Å². The quantitative estimate of drug-likeness (QED) is 0.179. The average molecular weight is 572 g/mol. The second kappa shape index (κ2) is 11.9. The smallest absolute Gasteiger partial charge is 0.300 e. The van der Waals surface area contributed by atoms with Gasteiger partial charge in [0, 0.05) is 11.8 Å². The number of amides is 1. The van der Waals surface area contributed by atoms with Crippen molar-refractivity contribution in [1.29, 1.82) is 0 Å². The zero-order valence-corrected chi connectivity index (χ0v) is 23.3. The maximum absolute atomic E-state index is 13.6. The highest BCUT2D eigenvalue weighted by Gasteiger charge is 2.47. The van der Waals surface area contributed by atoms with Gasteiger partial charge in [0.25, 0.3) is 11.7 Å². The number of Topliss-reactive ketones (excluding diaryl/α,β-unsaturated/α-hetero) is 1. The van der Waals surface area contributed by atoms with Gasteiger partial charge >= 0.3 is 0 Å². The Kier molecular flexibility index (Phi) is 8.57. The van der Waals surface area contributed by atoms with Crippen LogP contribution >= 0.6 is 23.2 Å². The predicted molar refractivity (Wildman–Crippen MR) is 150 cm³/mol. The van der Waals surface area contributed by atoms with E-state index in [0.717, 1.165) is 6.42 Å². The van der Waals surface area contributed by atoms with Gasteiger partial charge < -0.3 is 24.1 Å². The summed E-state index contributed by atoms with van der Waals surface area (Å²) in [7, 11) is 4.25. The number of carbonyl (C=O) groups excluding carboxylic acids is 2. The number of ether oxygens (including phenoxy) is 4. The fraction of sp³-hybridized carbons (Fsp3) is 0.241. The fourth-order valence-electron chi connectivity index (χ4n) is 4.46. The van der Waals surface area contributed by atoms with Crippen LogP contribution < -0.4 is 23.8 Å². The van der Waals surface area contributed by atoms with E-state index >= 15 is 0 Å². The van der Waals surface area contributed by atoms with Gasteiger partial charge in [0.2, 0.25) is 0 Å². The number of methoxy groups -OCH3 is 3. The van der Waals surface area contributed by atoms with E-state index in [9.17, 15) is 14.7 Å². The van der Waals surface area contributed by atoms with Gasteiger partial charge in [0.1, 0.15) is 22.3 Å². The largest absolute Gasteiger partial charge is 0.507 e. The number of nitrogens with zero attached hydrogens (tertiary/aromatic N) is 1. The summed E-state index contributed by atoms with van der Waals surface area (Å²) in [6.07, 6.45) is 0.799. The lowest BCUT2D eigenvalue weighted by molar-refractivity contribution is -0.132. The lowest BCUT2D eigenvalue weighted by Crippen LogP contribution is -2.29. The van der Waals surface area contributed by atoms with E-state index in [-0.39, 0.29) is 32.7 Å². The molecule has 1 aliphatic heterocycles. The van der Waals surface area contributed by atoms with E-state index in [1.807, 2.05) is 6.92 Å². The highest BCUT2D eigenvalue weighted by molar-refractivity contribution is 6.52. The van der Waals surface area contributed by atoms with Crippen molar-refractivity contribution < 1.29 is 33.6 Å². The molecule has 0 spiro atoms. The van der Waals surface area contributed by atoms with Crippen molar-refractivity contribution >= 4 is 46.3 Å². The Bertz CT molecular complexity index is 1450. The van der Waals surface area contributed by atoms with Crippen LogP contribution in [0.25, 0.3) is 5.76 Å². The Balaban J connectivity index is 1.99. The van der Waals surface area contributed by atoms with E-state index in [4.69, 9.17) is 42.1 Å². The predicted octanol–water partition coefficient (Wildman–Crippen LogP) is 6.43. The molecule has 1 amide bonds. The summed E-state index contributed by atoms with van der Waals surface area (Å²) in [5, 5.41) is 11.7. The zero-order valence-electron chi connectivity index (χ0n) is 21.8. The number of rotatable bonds is 9. The average Bonchev–Trinajstić information content (AvgIpc) is 3.21. The molecule has 8 nitrogen and oxygen atoms in total. The molecule has 1 fully saturated rings. The van der Waals surface area contributed by atoms with Gasteiger partial charge in [0.15, 0.2) is 11.5 Å². The van der Waals surface area contributed by atoms with Crippen LogP contribution in [0.1, 0.15) is 30.5 Å². The molecule has 0 radical (unpaired) electrons. The normalized spacial score (nSPS) is 16.4. The first-order chi connectivity index (χ1) is 18.8. The summed E-state index contributed by atoms with van der Waals surface area (Å²) in [6, 6.07) is 14.1. The van der Waals surface area contributed by atoms with E-state index in [2.05, 4.69) is 0 Å².